The quantitative estimate of drug-likeness (QED) is 0.905. The van der Waals surface area contributed by atoms with E-state index in [0.29, 0.717) is 0 Å². The van der Waals surface area contributed by atoms with Gasteiger partial charge in [0.2, 0.25) is 5.95 Å². The molecule has 3 heterocycles. The second-order valence-corrected chi connectivity index (χ2v) is 7.63. The molecule has 1 aromatic heterocycles. The van der Waals surface area contributed by atoms with Gasteiger partial charge in [0.25, 0.3) is 0 Å². The van der Waals surface area contributed by atoms with E-state index in [1.807, 2.05) is 31.5 Å². The number of hydrogen-bond acceptors (Lipinski definition) is 5. The Morgan fingerprint density at radius 3 is 2.37 bits per heavy atom. The predicted molar refractivity (Wildman–Crippen MR) is 109 cm³/mol. The lowest BCUT2D eigenvalue weighted by molar-refractivity contribution is 0.415. The van der Waals surface area contributed by atoms with E-state index < -0.39 is 0 Å². The van der Waals surface area contributed by atoms with Gasteiger partial charge in [-0.05, 0) is 67.0 Å². The fraction of sp³-hybridized carbons (Fsp3) is 0.455. The van der Waals surface area contributed by atoms with Crippen LogP contribution in [0.1, 0.15) is 24.0 Å². The van der Waals surface area contributed by atoms with Crippen molar-refractivity contribution in [2.75, 3.05) is 38.2 Å². The Morgan fingerprint density at radius 2 is 1.78 bits per heavy atom. The fourth-order valence-corrected chi connectivity index (χ4v) is 3.80. The number of benzene rings is 1. The number of ether oxygens (including phenoxy) is 1. The molecule has 2 aliphatic heterocycles. The van der Waals surface area contributed by atoms with E-state index in [4.69, 9.17) is 4.74 Å². The first kappa shape index (κ1) is 18.0. The molecule has 2 unspecified atom stereocenters. The smallest absolute Gasteiger partial charge is 0.225 e. The molecule has 0 bridgehead atoms. The first-order chi connectivity index (χ1) is 13.2. The third kappa shape index (κ3) is 4.48. The van der Waals surface area contributed by atoms with E-state index in [9.17, 15) is 0 Å². The summed E-state index contributed by atoms with van der Waals surface area (Å²) in [6, 6.07) is 8.27. The number of anilines is 1. The van der Waals surface area contributed by atoms with Gasteiger partial charge in [-0.3, -0.25) is 0 Å². The van der Waals surface area contributed by atoms with Crippen molar-refractivity contribution in [1.29, 1.82) is 0 Å². The van der Waals surface area contributed by atoms with Crippen molar-refractivity contribution in [3.63, 3.8) is 0 Å². The van der Waals surface area contributed by atoms with Gasteiger partial charge in [0.1, 0.15) is 5.75 Å². The van der Waals surface area contributed by atoms with Crippen LogP contribution in [-0.2, 0) is 0 Å². The summed E-state index contributed by atoms with van der Waals surface area (Å²) < 4.78 is 5.12. The Bertz CT molecular complexity index is 775. The Kier molecular flexibility index (Phi) is 5.39. The summed E-state index contributed by atoms with van der Waals surface area (Å²) in [6.07, 6.45) is 8.60. The molecule has 0 radical (unpaired) electrons. The van der Waals surface area contributed by atoms with Crippen LogP contribution < -0.4 is 15.0 Å². The number of hydrogen-bond donors (Lipinski definition) is 1. The molecule has 5 nitrogen and oxygen atoms in total. The molecule has 142 valence electrons. The van der Waals surface area contributed by atoms with Gasteiger partial charge >= 0.3 is 0 Å². The van der Waals surface area contributed by atoms with E-state index >= 15 is 0 Å². The highest BCUT2D eigenvalue weighted by Crippen LogP contribution is 2.45. The number of fused-ring (bicyclic) bond motifs is 1. The monoisotopic (exact) mass is 364 g/mol. The molecular weight excluding hydrogens is 336 g/mol. The molecule has 5 heteroatoms. The van der Waals surface area contributed by atoms with E-state index in [1.54, 1.807) is 7.11 Å². The lowest BCUT2D eigenvalue weighted by Gasteiger charge is -2.16. The molecule has 3 aliphatic rings. The Labute approximate surface area is 161 Å². The van der Waals surface area contributed by atoms with Crippen molar-refractivity contribution in [3.05, 3.63) is 53.9 Å². The Balaban J connectivity index is 0.000000134. The van der Waals surface area contributed by atoms with Crippen LogP contribution in [0.2, 0.25) is 0 Å². The van der Waals surface area contributed by atoms with Gasteiger partial charge in [0.05, 0.1) is 7.11 Å². The maximum Gasteiger partial charge on any atom is 0.225 e. The van der Waals surface area contributed by atoms with E-state index in [2.05, 4.69) is 38.4 Å². The lowest BCUT2D eigenvalue weighted by atomic mass is 10.0. The minimum atomic E-state index is 0.915. The highest BCUT2D eigenvalue weighted by molar-refractivity contribution is 5.67. The lowest BCUT2D eigenvalue weighted by Crippen LogP contribution is -2.23. The third-order valence-corrected chi connectivity index (χ3v) is 5.55. The Hall–Kier alpha value is -2.40. The summed E-state index contributed by atoms with van der Waals surface area (Å²) in [5.74, 6) is 3.73. The maximum atomic E-state index is 5.12. The average molecular weight is 364 g/mol. The van der Waals surface area contributed by atoms with Crippen molar-refractivity contribution in [2.45, 2.75) is 19.8 Å². The largest absolute Gasteiger partial charge is 0.497 e. The minimum Gasteiger partial charge on any atom is -0.497 e. The number of nitrogens with one attached hydrogen (secondary N) is 1. The van der Waals surface area contributed by atoms with Gasteiger partial charge in [0.15, 0.2) is 0 Å². The molecule has 0 amide bonds. The molecule has 1 saturated carbocycles. The van der Waals surface area contributed by atoms with Crippen LogP contribution in [0.25, 0.3) is 5.57 Å². The molecule has 2 fully saturated rings. The van der Waals surface area contributed by atoms with Crippen LogP contribution in [0.5, 0.6) is 5.75 Å². The Morgan fingerprint density at radius 1 is 1.07 bits per heavy atom. The van der Waals surface area contributed by atoms with Crippen molar-refractivity contribution in [1.82, 2.24) is 15.3 Å². The summed E-state index contributed by atoms with van der Waals surface area (Å²) in [5.41, 5.74) is 3.88. The molecule has 2 atom stereocenters. The first-order valence-electron chi connectivity index (χ1n) is 9.80. The van der Waals surface area contributed by atoms with Crippen molar-refractivity contribution >= 4 is 11.5 Å². The minimum absolute atomic E-state index is 0.915. The molecule has 1 aliphatic carbocycles. The van der Waals surface area contributed by atoms with Crippen molar-refractivity contribution in [2.24, 2.45) is 11.8 Å². The zero-order valence-electron chi connectivity index (χ0n) is 16.2. The van der Waals surface area contributed by atoms with Crippen LogP contribution >= 0.6 is 0 Å². The summed E-state index contributed by atoms with van der Waals surface area (Å²) in [7, 11) is 1.69. The molecule has 27 heavy (non-hydrogen) atoms. The number of nitrogens with zero attached hydrogens (tertiary/aromatic N) is 3. The molecular formula is C22H28N4O. The number of rotatable bonds is 3. The second-order valence-electron chi connectivity index (χ2n) is 7.63. The van der Waals surface area contributed by atoms with Gasteiger partial charge in [-0.15, -0.1) is 0 Å². The summed E-state index contributed by atoms with van der Waals surface area (Å²) >= 11 is 0. The standard InChI is InChI=1S/C12H15NO.C10H13N3/c1-14-12-4-2-10(3-5-12)11-6-8-13-9-7-11;1-7-3-11-10(12-4-7)13-5-8-2-9(8)6-13/h2-6,13H,7-9H2,1H3;3-4,8-9H,2,5-6H2,1H3. The van der Waals surface area contributed by atoms with E-state index in [-0.39, 0.29) is 0 Å². The number of piperidine rings is 1. The molecule has 0 spiro atoms. The topological polar surface area (TPSA) is 50.3 Å². The highest BCUT2D eigenvalue weighted by Gasteiger charge is 2.45. The molecule has 5 rings (SSSR count). The first-order valence-corrected chi connectivity index (χ1v) is 9.80. The van der Waals surface area contributed by atoms with Gasteiger partial charge in [-0.2, -0.15) is 0 Å². The number of aryl methyl sites for hydroxylation is 1. The van der Waals surface area contributed by atoms with E-state index in [1.165, 1.54) is 30.6 Å². The zero-order valence-corrected chi connectivity index (χ0v) is 16.2. The fourth-order valence-electron chi connectivity index (χ4n) is 3.80. The molecule has 1 aromatic carbocycles. The van der Waals surface area contributed by atoms with Crippen LogP contribution in [0.3, 0.4) is 0 Å². The van der Waals surface area contributed by atoms with Crippen LogP contribution in [0, 0.1) is 18.8 Å². The second kappa shape index (κ2) is 8.09. The maximum absolute atomic E-state index is 5.12. The predicted octanol–water partition coefficient (Wildman–Crippen LogP) is 3.31. The van der Waals surface area contributed by atoms with Gasteiger partial charge in [0, 0.05) is 32.0 Å². The SMILES string of the molecule is COc1ccc(C2=CCNCC2)cc1.Cc1cnc(N2CC3CC3C2)nc1. The third-order valence-electron chi connectivity index (χ3n) is 5.55. The summed E-state index contributed by atoms with van der Waals surface area (Å²) in [6.45, 7) is 6.44. The molecule has 2 aromatic rings. The zero-order chi connectivity index (χ0) is 18.6. The van der Waals surface area contributed by atoms with E-state index in [0.717, 1.165) is 48.6 Å². The van der Waals surface area contributed by atoms with Crippen LogP contribution in [0.15, 0.2) is 42.7 Å². The molecule has 1 N–H and O–H groups in total. The number of methoxy groups -OCH3 is 1. The van der Waals surface area contributed by atoms with Crippen molar-refractivity contribution in [3.8, 4) is 5.75 Å². The highest BCUT2D eigenvalue weighted by atomic mass is 16.5. The van der Waals surface area contributed by atoms with Crippen LogP contribution in [-0.4, -0.2) is 43.3 Å². The van der Waals surface area contributed by atoms with Gasteiger partial charge in [-0.25, -0.2) is 9.97 Å². The molecule has 1 saturated heterocycles. The average Bonchev–Trinajstić information content (AvgIpc) is 3.35. The van der Waals surface area contributed by atoms with Gasteiger partial charge < -0.3 is 15.0 Å². The number of aromatic nitrogens is 2. The van der Waals surface area contributed by atoms with Crippen LogP contribution in [0.4, 0.5) is 5.95 Å². The van der Waals surface area contributed by atoms with Gasteiger partial charge in [-0.1, -0.05) is 18.2 Å². The summed E-state index contributed by atoms with van der Waals surface area (Å²) in [5, 5.41) is 3.31. The van der Waals surface area contributed by atoms with Crippen molar-refractivity contribution < 1.29 is 4.74 Å². The summed E-state index contributed by atoms with van der Waals surface area (Å²) in [4.78, 5) is 11.0. The normalized spacial score (nSPS) is 23.0.